The Balaban J connectivity index is 0.00000220. The number of rotatable bonds is 5. The van der Waals surface area contributed by atoms with Gasteiger partial charge in [-0.15, -0.1) is 24.0 Å². The fourth-order valence-electron chi connectivity index (χ4n) is 2.06. The number of nitrogens with zero attached hydrogens (tertiary/aromatic N) is 2. The molecule has 5 nitrogen and oxygen atoms in total. The van der Waals surface area contributed by atoms with E-state index in [-0.39, 0.29) is 30.0 Å². The highest BCUT2D eigenvalue weighted by Gasteiger charge is 2.03. The van der Waals surface area contributed by atoms with Gasteiger partial charge in [0.1, 0.15) is 0 Å². The van der Waals surface area contributed by atoms with Crippen LogP contribution < -0.4 is 11.1 Å². The molecule has 6 heteroatoms. The summed E-state index contributed by atoms with van der Waals surface area (Å²) in [5.41, 5.74) is 7.89. The van der Waals surface area contributed by atoms with E-state index in [4.69, 9.17) is 10.5 Å². The minimum atomic E-state index is 0. The third kappa shape index (κ3) is 5.13. The fraction of sp³-hybridized carbons (Fsp3) is 0.333. The molecule has 21 heavy (non-hydrogen) atoms. The Morgan fingerprint density at radius 1 is 1.38 bits per heavy atom. The zero-order valence-corrected chi connectivity index (χ0v) is 14.6. The van der Waals surface area contributed by atoms with Gasteiger partial charge in [-0.1, -0.05) is 24.3 Å². The Morgan fingerprint density at radius 3 is 2.90 bits per heavy atom. The summed E-state index contributed by atoms with van der Waals surface area (Å²) in [6, 6.07) is 10.2. The van der Waals surface area contributed by atoms with Crippen LogP contribution in [0.3, 0.4) is 0 Å². The van der Waals surface area contributed by atoms with Crippen LogP contribution in [0.1, 0.15) is 12.5 Å². The average molecular weight is 400 g/mol. The second-order valence-electron chi connectivity index (χ2n) is 4.69. The van der Waals surface area contributed by atoms with Crippen molar-refractivity contribution in [3.05, 3.63) is 42.1 Å². The zero-order chi connectivity index (χ0) is 14.4. The number of hydrogen-bond donors (Lipinski definition) is 2. The molecule has 1 unspecified atom stereocenters. The summed E-state index contributed by atoms with van der Waals surface area (Å²) in [5, 5.41) is 4.19. The molecule has 0 saturated carbocycles. The predicted octanol–water partition coefficient (Wildman–Crippen LogP) is 2.29. The Labute approximate surface area is 142 Å². The van der Waals surface area contributed by atoms with Crippen molar-refractivity contribution < 1.29 is 4.74 Å². The number of pyridine rings is 1. The highest BCUT2D eigenvalue weighted by Crippen LogP contribution is 2.16. The molecule has 0 saturated heterocycles. The maximum atomic E-state index is 5.86. The van der Waals surface area contributed by atoms with Crippen LogP contribution in [0, 0.1) is 0 Å². The highest BCUT2D eigenvalue weighted by molar-refractivity contribution is 14.0. The number of ether oxygens (including phenoxy) is 1. The van der Waals surface area contributed by atoms with E-state index in [9.17, 15) is 0 Å². The third-order valence-electron chi connectivity index (χ3n) is 2.95. The van der Waals surface area contributed by atoms with E-state index < -0.39 is 0 Å². The van der Waals surface area contributed by atoms with E-state index in [1.54, 1.807) is 13.3 Å². The van der Waals surface area contributed by atoms with Crippen LogP contribution in [0.5, 0.6) is 0 Å². The summed E-state index contributed by atoms with van der Waals surface area (Å²) < 4.78 is 5.04. The van der Waals surface area contributed by atoms with Crippen LogP contribution in [0.25, 0.3) is 10.9 Å². The highest BCUT2D eigenvalue weighted by atomic mass is 127. The Hall–Kier alpha value is -1.41. The van der Waals surface area contributed by atoms with Gasteiger partial charge in [-0.2, -0.15) is 0 Å². The number of benzene rings is 1. The van der Waals surface area contributed by atoms with E-state index in [2.05, 4.69) is 15.3 Å². The van der Waals surface area contributed by atoms with Crippen molar-refractivity contribution in [1.29, 1.82) is 0 Å². The van der Waals surface area contributed by atoms with Crippen molar-refractivity contribution in [3.63, 3.8) is 0 Å². The quantitative estimate of drug-likeness (QED) is 0.459. The first kappa shape index (κ1) is 17.6. The molecule has 2 aromatic rings. The molecule has 1 atom stereocenters. The standard InChI is InChI=1S/C15H20N4O.HI/c1-11(10-20-2)19-15(16)18-9-13-6-3-5-12-7-4-8-17-14(12)13;/h3-8,11H,9-10H2,1-2H3,(H3,16,18,19);1H. The molecule has 1 aromatic carbocycles. The molecule has 1 heterocycles. The van der Waals surface area contributed by atoms with E-state index in [0.29, 0.717) is 19.1 Å². The topological polar surface area (TPSA) is 72.5 Å². The lowest BCUT2D eigenvalue weighted by Gasteiger charge is -2.13. The van der Waals surface area contributed by atoms with Crippen molar-refractivity contribution in [1.82, 2.24) is 10.3 Å². The zero-order valence-electron chi connectivity index (χ0n) is 12.2. The van der Waals surface area contributed by atoms with Crippen LogP contribution in [0.4, 0.5) is 0 Å². The summed E-state index contributed by atoms with van der Waals surface area (Å²) in [7, 11) is 1.66. The first-order valence-electron chi connectivity index (χ1n) is 6.58. The molecule has 1 aromatic heterocycles. The van der Waals surface area contributed by atoms with Gasteiger partial charge in [0.2, 0.25) is 0 Å². The normalized spacial score (nSPS) is 12.8. The minimum Gasteiger partial charge on any atom is -0.383 e. The number of nitrogens with one attached hydrogen (secondary N) is 1. The first-order valence-corrected chi connectivity index (χ1v) is 6.58. The molecule has 3 N–H and O–H groups in total. The fourth-order valence-corrected chi connectivity index (χ4v) is 2.06. The van der Waals surface area contributed by atoms with Crippen LogP contribution in [0.15, 0.2) is 41.5 Å². The van der Waals surface area contributed by atoms with Crippen LogP contribution in [-0.2, 0) is 11.3 Å². The van der Waals surface area contributed by atoms with Crippen LogP contribution in [-0.4, -0.2) is 30.7 Å². The Bertz CT molecular complexity index is 598. The monoisotopic (exact) mass is 400 g/mol. The van der Waals surface area contributed by atoms with Crippen LogP contribution >= 0.6 is 24.0 Å². The molecule has 0 radical (unpaired) electrons. The van der Waals surface area contributed by atoms with Crippen molar-refractivity contribution in [2.45, 2.75) is 19.5 Å². The first-order chi connectivity index (χ1) is 9.70. The number of halogens is 1. The summed E-state index contributed by atoms with van der Waals surface area (Å²) >= 11 is 0. The second-order valence-corrected chi connectivity index (χ2v) is 4.69. The molecule has 0 amide bonds. The van der Waals surface area contributed by atoms with Gasteiger partial charge in [-0.3, -0.25) is 4.98 Å². The number of aromatic nitrogens is 1. The van der Waals surface area contributed by atoms with Gasteiger partial charge in [0, 0.05) is 24.7 Å². The number of para-hydroxylation sites is 1. The van der Waals surface area contributed by atoms with Crippen molar-refractivity contribution in [3.8, 4) is 0 Å². The van der Waals surface area contributed by atoms with Gasteiger partial charge < -0.3 is 15.8 Å². The van der Waals surface area contributed by atoms with Crippen molar-refractivity contribution in [2.24, 2.45) is 10.7 Å². The molecular formula is C15H21IN4O. The van der Waals surface area contributed by atoms with Crippen molar-refractivity contribution in [2.75, 3.05) is 13.7 Å². The number of aliphatic imine (C=N–C) groups is 1. The molecular weight excluding hydrogens is 379 g/mol. The van der Waals surface area contributed by atoms with E-state index in [0.717, 1.165) is 16.5 Å². The maximum Gasteiger partial charge on any atom is 0.189 e. The second kappa shape index (κ2) is 8.78. The lowest BCUT2D eigenvalue weighted by atomic mass is 10.1. The average Bonchev–Trinajstić information content (AvgIpc) is 2.45. The maximum absolute atomic E-state index is 5.86. The number of methoxy groups -OCH3 is 1. The predicted molar refractivity (Wildman–Crippen MR) is 97.0 cm³/mol. The molecule has 2 rings (SSSR count). The number of guanidine groups is 1. The lowest BCUT2D eigenvalue weighted by molar-refractivity contribution is 0.179. The smallest absolute Gasteiger partial charge is 0.189 e. The van der Waals surface area contributed by atoms with Crippen LogP contribution in [0.2, 0.25) is 0 Å². The molecule has 114 valence electrons. The summed E-state index contributed by atoms with van der Waals surface area (Å²) in [6.45, 7) is 3.09. The van der Waals surface area contributed by atoms with Gasteiger partial charge in [-0.05, 0) is 18.6 Å². The Morgan fingerprint density at radius 2 is 2.14 bits per heavy atom. The van der Waals surface area contributed by atoms with Gasteiger partial charge >= 0.3 is 0 Å². The minimum absolute atomic E-state index is 0. The molecule has 0 aliphatic rings. The van der Waals surface area contributed by atoms with Gasteiger partial charge in [0.25, 0.3) is 0 Å². The van der Waals surface area contributed by atoms with Gasteiger partial charge in [0.05, 0.1) is 18.7 Å². The molecule has 0 fully saturated rings. The lowest BCUT2D eigenvalue weighted by Crippen LogP contribution is -2.40. The van der Waals surface area contributed by atoms with Crippen molar-refractivity contribution >= 4 is 40.8 Å². The molecule has 0 spiro atoms. The molecule has 0 aliphatic heterocycles. The van der Waals surface area contributed by atoms with E-state index >= 15 is 0 Å². The summed E-state index contributed by atoms with van der Waals surface area (Å²) in [6.07, 6.45) is 1.79. The molecule has 0 aliphatic carbocycles. The van der Waals surface area contributed by atoms with E-state index in [1.807, 2.05) is 37.3 Å². The largest absolute Gasteiger partial charge is 0.383 e. The SMILES string of the molecule is COCC(C)NC(N)=NCc1cccc2cccnc12.I. The number of nitrogens with two attached hydrogens (primary N) is 1. The van der Waals surface area contributed by atoms with Gasteiger partial charge in [0.15, 0.2) is 5.96 Å². The van der Waals surface area contributed by atoms with Gasteiger partial charge in [-0.25, -0.2) is 4.99 Å². The Kier molecular flexibility index (Phi) is 7.38. The third-order valence-corrected chi connectivity index (χ3v) is 2.95. The molecule has 0 bridgehead atoms. The number of fused-ring (bicyclic) bond motifs is 1. The van der Waals surface area contributed by atoms with E-state index in [1.165, 1.54) is 0 Å². The summed E-state index contributed by atoms with van der Waals surface area (Å²) in [5.74, 6) is 0.419. The summed E-state index contributed by atoms with van der Waals surface area (Å²) in [4.78, 5) is 8.75. The number of hydrogen-bond acceptors (Lipinski definition) is 3.